The summed E-state index contributed by atoms with van der Waals surface area (Å²) in [6.07, 6.45) is 6.39. The summed E-state index contributed by atoms with van der Waals surface area (Å²) in [7, 11) is 0. The number of halogens is 1. The van der Waals surface area contributed by atoms with Crippen LogP contribution in [0.1, 0.15) is 11.1 Å². The zero-order chi connectivity index (χ0) is 12.9. The van der Waals surface area contributed by atoms with Crippen molar-refractivity contribution < 1.29 is 28.5 Å². The standard InChI is InChI=1S/C17H17N2.HI/c1-3-7-16(8-4-1)13-18-11-12-19(15-18)14-17-9-5-2-6-10-17;/h1-12,15H,13-14H2;1H/q+1;/p-1. The Kier molecular flexibility index (Phi) is 5.35. The van der Waals surface area contributed by atoms with Crippen molar-refractivity contribution in [3.8, 4) is 0 Å². The highest BCUT2D eigenvalue weighted by Crippen LogP contribution is 2.02. The second-order valence-electron chi connectivity index (χ2n) is 4.73. The van der Waals surface area contributed by atoms with Crippen molar-refractivity contribution >= 4 is 0 Å². The van der Waals surface area contributed by atoms with E-state index in [1.54, 1.807) is 0 Å². The molecule has 0 saturated carbocycles. The quantitative estimate of drug-likeness (QED) is 0.444. The molecule has 2 aromatic carbocycles. The fourth-order valence-corrected chi connectivity index (χ4v) is 2.21. The van der Waals surface area contributed by atoms with Gasteiger partial charge in [-0.05, 0) is 11.1 Å². The van der Waals surface area contributed by atoms with Crippen molar-refractivity contribution in [1.82, 2.24) is 4.57 Å². The summed E-state index contributed by atoms with van der Waals surface area (Å²) in [5, 5.41) is 0. The molecule has 0 aliphatic carbocycles. The maximum atomic E-state index is 2.21. The van der Waals surface area contributed by atoms with Crippen LogP contribution in [-0.4, -0.2) is 4.57 Å². The van der Waals surface area contributed by atoms with Crippen molar-refractivity contribution in [1.29, 1.82) is 0 Å². The van der Waals surface area contributed by atoms with Gasteiger partial charge in [0.15, 0.2) is 0 Å². The van der Waals surface area contributed by atoms with Crippen LogP contribution in [0.3, 0.4) is 0 Å². The molecule has 0 fully saturated rings. The first-order chi connectivity index (χ1) is 9.40. The monoisotopic (exact) mass is 376 g/mol. The number of benzene rings is 2. The second-order valence-corrected chi connectivity index (χ2v) is 4.73. The number of nitrogens with zero attached hydrogens (tertiary/aromatic N) is 2. The minimum absolute atomic E-state index is 0. The lowest BCUT2D eigenvalue weighted by atomic mass is 10.2. The molecule has 1 heterocycles. The van der Waals surface area contributed by atoms with Gasteiger partial charge >= 0.3 is 0 Å². The first-order valence-corrected chi connectivity index (χ1v) is 6.53. The summed E-state index contributed by atoms with van der Waals surface area (Å²) in [5.41, 5.74) is 2.65. The molecule has 0 N–H and O–H groups in total. The number of aromatic nitrogens is 2. The zero-order valence-corrected chi connectivity index (χ0v) is 13.3. The summed E-state index contributed by atoms with van der Waals surface area (Å²) in [5.74, 6) is 0. The van der Waals surface area contributed by atoms with Gasteiger partial charge in [0.2, 0.25) is 6.33 Å². The van der Waals surface area contributed by atoms with Crippen LogP contribution in [-0.2, 0) is 13.1 Å². The predicted molar refractivity (Wildman–Crippen MR) is 75.7 cm³/mol. The maximum absolute atomic E-state index is 2.21. The van der Waals surface area contributed by atoms with Crippen molar-refractivity contribution in [2.75, 3.05) is 0 Å². The zero-order valence-electron chi connectivity index (χ0n) is 11.2. The van der Waals surface area contributed by atoms with Crippen LogP contribution in [0.25, 0.3) is 0 Å². The van der Waals surface area contributed by atoms with Crippen LogP contribution in [0.2, 0.25) is 0 Å². The number of hydrogen-bond donors (Lipinski definition) is 0. The van der Waals surface area contributed by atoms with E-state index >= 15 is 0 Å². The van der Waals surface area contributed by atoms with Gasteiger partial charge in [-0.15, -0.1) is 0 Å². The first kappa shape index (κ1) is 14.8. The largest absolute Gasteiger partial charge is 1.00 e. The molecule has 0 spiro atoms. The van der Waals surface area contributed by atoms with E-state index in [9.17, 15) is 0 Å². The van der Waals surface area contributed by atoms with E-state index in [0.717, 1.165) is 13.1 Å². The molecule has 0 aliphatic heterocycles. The highest BCUT2D eigenvalue weighted by atomic mass is 127. The summed E-state index contributed by atoms with van der Waals surface area (Å²) < 4.78 is 4.41. The molecule has 102 valence electrons. The van der Waals surface area contributed by atoms with Crippen LogP contribution < -0.4 is 28.5 Å². The average Bonchev–Trinajstić information content (AvgIpc) is 2.88. The Bertz CT molecular complexity index is 576. The van der Waals surface area contributed by atoms with E-state index in [4.69, 9.17) is 0 Å². The van der Waals surface area contributed by atoms with Crippen molar-refractivity contribution in [2.45, 2.75) is 13.1 Å². The number of imidazole rings is 1. The van der Waals surface area contributed by atoms with E-state index < -0.39 is 0 Å². The van der Waals surface area contributed by atoms with Crippen LogP contribution >= 0.6 is 0 Å². The lowest BCUT2D eigenvalue weighted by Crippen LogP contribution is -3.00. The summed E-state index contributed by atoms with van der Waals surface area (Å²) >= 11 is 0. The molecule has 0 atom stereocenters. The third-order valence-electron chi connectivity index (χ3n) is 3.16. The first-order valence-electron chi connectivity index (χ1n) is 6.53. The van der Waals surface area contributed by atoms with Gasteiger partial charge in [0, 0.05) is 0 Å². The van der Waals surface area contributed by atoms with Gasteiger partial charge in [-0.3, -0.25) is 0 Å². The molecule has 2 nitrogen and oxygen atoms in total. The average molecular weight is 376 g/mol. The maximum Gasteiger partial charge on any atom is 0.244 e. The molecule has 0 amide bonds. The lowest BCUT2D eigenvalue weighted by molar-refractivity contribution is -0.687. The fourth-order valence-electron chi connectivity index (χ4n) is 2.21. The molecule has 3 aromatic rings. The highest BCUT2D eigenvalue weighted by molar-refractivity contribution is 5.15. The lowest BCUT2D eigenvalue weighted by Gasteiger charge is -1.98. The second kappa shape index (κ2) is 7.24. The highest BCUT2D eigenvalue weighted by Gasteiger charge is 2.04. The van der Waals surface area contributed by atoms with Crippen LogP contribution in [0.15, 0.2) is 79.4 Å². The molecule has 0 saturated heterocycles. The molecular formula is C17H17IN2. The summed E-state index contributed by atoms with van der Waals surface area (Å²) in [4.78, 5) is 0. The molecule has 3 heteroatoms. The Hall–Kier alpha value is -1.62. The van der Waals surface area contributed by atoms with Gasteiger partial charge in [-0.2, -0.15) is 0 Å². The van der Waals surface area contributed by atoms with E-state index in [-0.39, 0.29) is 24.0 Å². The molecule has 0 aliphatic rings. The Morgan fingerprint density at radius 3 is 2.05 bits per heavy atom. The summed E-state index contributed by atoms with van der Waals surface area (Å²) in [6.45, 7) is 1.84. The van der Waals surface area contributed by atoms with Crippen molar-refractivity contribution in [3.63, 3.8) is 0 Å². The van der Waals surface area contributed by atoms with Crippen molar-refractivity contribution in [3.05, 3.63) is 90.5 Å². The van der Waals surface area contributed by atoms with E-state index in [1.165, 1.54) is 11.1 Å². The Morgan fingerprint density at radius 1 is 0.800 bits per heavy atom. The number of rotatable bonds is 4. The Labute approximate surface area is 136 Å². The van der Waals surface area contributed by atoms with Crippen LogP contribution in [0.5, 0.6) is 0 Å². The smallest absolute Gasteiger partial charge is 0.244 e. The molecule has 0 unspecified atom stereocenters. The molecule has 0 bridgehead atoms. The Balaban J connectivity index is 0.00000147. The minimum atomic E-state index is 0. The SMILES string of the molecule is [I-].c1ccc(Cn2cc[n+](Cc3ccccc3)c2)cc1. The third kappa shape index (κ3) is 3.93. The van der Waals surface area contributed by atoms with Gasteiger partial charge in [0.05, 0.1) is 0 Å². The summed E-state index contributed by atoms with van der Waals surface area (Å²) in [6, 6.07) is 21.0. The predicted octanol–water partition coefficient (Wildman–Crippen LogP) is -0.124. The van der Waals surface area contributed by atoms with Crippen molar-refractivity contribution in [2.24, 2.45) is 0 Å². The Morgan fingerprint density at radius 2 is 1.40 bits per heavy atom. The normalized spacial score (nSPS) is 10.0. The van der Waals surface area contributed by atoms with Gasteiger partial charge in [0.25, 0.3) is 0 Å². The number of hydrogen-bond acceptors (Lipinski definition) is 0. The van der Waals surface area contributed by atoms with E-state index in [2.05, 4.69) is 88.5 Å². The van der Waals surface area contributed by atoms with Crippen LogP contribution in [0.4, 0.5) is 0 Å². The van der Waals surface area contributed by atoms with Gasteiger partial charge in [-0.25, -0.2) is 9.13 Å². The van der Waals surface area contributed by atoms with Gasteiger partial charge < -0.3 is 24.0 Å². The molecule has 20 heavy (non-hydrogen) atoms. The minimum Gasteiger partial charge on any atom is -1.00 e. The van der Waals surface area contributed by atoms with E-state index in [1.807, 2.05) is 0 Å². The van der Waals surface area contributed by atoms with Crippen LogP contribution in [0, 0.1) is 0 Å². The molecule has 1 aromatic heterocycles. The molecule has 0 radical (unpaired) electrons. The third-order valence-corrected chi connectivity index (χ3v) is 3.16. The van der Waals surface area contributed by atoms with E-state index in [0.29, 0.717) is 0 Å². The molecular weight excluding hydrogens is 359 g/mol. The van der Waals surface area contributed by atoms with Gasteiger partial charge in [0.1, 0.15) is 25.5 Å². The van der Waals surface area contributed by atoms with Gasteiger partial charge in [-0.1, -0.05) is 60.7 Å². The topological polar surface area (TPSA) is 8.81 Å². The molecule has 3 rings (SSSR count). The fraction of sp³-hybridized carbons (Fsp3) is 0.118.